The molecule has 1 aromatic rings. The molecule has 1 aromatic carbocycles. The van der Waals surface area contributed by atoms with E-state index < -0.39 is 0 Å². The SMILES string of the molecule is C=CCOc1ccc(C2NCC(=O)N2CC2CC2C)cc1. The molecule has 0 aromatic heterocycles. The topological polar surface area (TPSA) is 41.6 Å². The van der Waals surface area contributed by atoms with Gasteiger partial charge in [0.1, 0.15) is 18.5 Å². The van der Waals surface area contributed by atoms with Crippen molar-refractivity contribution in [1.82, 2.24) is 10.2 Å². The van der Waals surface area contributed by atoms with Crippen LogP contribution in [0.4, 0.5) is 0 Å². The van der Waals surface area contributed by atoms with E-state index in [0.717, 1.165) is 23.8 Å². The lowest BCUT2D eigenvalue weighted by molar-refractivity contribution is -0.128. The summed E-state index contributed by atoms with van der Waals surface area (Å²) in [6.07, 6.45) is 2.97. The van der Waals surface area contributed by atoms with Crippen molar-refractivity contribution in [2.45, 2.75) is 19.5 Å². The molecule has 112 valence electrons. The molecule has 1 saturated carbocycles. The molecule has 3 rings (SSSR count). The van der Waals surface area contributed by atoms with Crippen molar-refractivity contribution in [3.63, 3.8) is 0 Å². The molecule has 1 heterocycles. The van der Waals surface area contributed by atoms with Crippen LogP contribution >= 0.6 is 0 Å². The third-order valence-electron chi connectivity index (χ3n) is 4.35. The lowest BCUT2D eigenvalue weighted by Crippen LogP contribution is -2.32. The first-order valence-electron chi connectivity index (χ1n) is 7.55. The second kappa shape index (κ2) is 5.90. The smallest absolute Gasteiger partial charge is 0.238 e. The minimum atomic E-state index is -0.00115. The van der Waals surface area contributed by atoms with Crippen molar-refractivity contribution in [2.24, 2.45) is 11.8 Å². The average molecular weight is 286 g/mol. The highest BCUT2D eigenvalue weighted by atomic mass is 16.5. The molecule has 2 aliphatic rings. The van der Waals surface area contributed by atoms with Gasteiger partial charge in [0.2, 0.25) is 5.91 Å². The van der Waals surface area contributed by atoms with Gasteiger partial charge in [-0.2, -0.15) is 0 Å². The van der Waals surface area contributed by atoms with Gasteiger partial charge in [-0.1, -0.05) is 31.7 Å². The Balaban J connectivity index is 1.69. The fourth-order valence-electron chi connectivity index (χ4n) is 2.85. The summed E-state index contributed by atoms with van der Waals surface area (Å²) in [5.41, 5.74) is 1.11. The van der Waals surface area contributed by atoms with Crippen LogP contribution < -0.4 is 10.1 Å². The van der Waals surface area contributed by atoms with E-state index in [4.69, 9.17) is 4.74 Å². The van der Waals surface area contributed by atoms with Crippen LogP contribution in [-0.2, 0) is 4.79 Å². The van der Waals surface area contributed by atoms with E-state index in [2.05, 4.69) is 18.8 Å². The van der Waals surface area contributed by atoms with Crippen LogP contribution in [0, 0.1) is 11.8 Å². The van der Waals surface area contributed by atoms with E-state index in [9.17, 15) is 4.79 Å². The predicted molar refractivity (Wildman–Crippen MR) is 81.9 cm³/mol. The number of hydrogen-bond donors (Lipinski definition) is 1. The van der Waals surface area contributed by atoms with Crippen LogP contribution in [0.2, 0.25) is 0 Å². The highest BCUT2D eigenvalue weighted by Gasteiger charge is 2.39. The maximum absolute atomic E-state index is 12.1. The Bertz CT molecular complexity index is 526. The molecular weight excluding hydrogens is 264 g/mol. The molecule has 1 N–H and O–H groups in total. The number of carbonyl (C=O) groups excluding carboxylic acids is 1. The molecule has 3 atom stereocenters. The summed E-state index contributed by atoms with van der Waals surface area (Å²) in [6, 6.07) is 7.94. The number of amides is 1. The largest absolute Gasteiger partial charge is 0.490 e. The molecule has 4 nitrogen and oxygen atoms in total. The zero-order valence-electron chi connectivity index (χ0n) is 12.4. The third-order valence-corrected chi connectivity index (χ3v) is 4.35. The molecule has 0 spiro atoms. The van der Waals surface area contributed by atoms with Crippen molar-refractivity contribution in [3.8, 4) is 5.75 Å². The van der Waals surface area contributed by atoms with Gasteiger partial charge in [-0.15, -0.1) is 0 Å². The Hall–Kier alpha value is -1.81. The molecule has 1 aliphatic heterocycles. The lowest BCUT2D eigenvalue weighted by atomic mass is 10.1. The van der Waals surface area contributed by atoms with Gasteiger partial charge in [0.15, 0.2) is 0 Å². The first-order valence-corrected chi connectivity index (χ1v) is 7.55. The summed E-state index contributed by atoms with van der Waals surface area (Å²) in [5.74, 6) is 2.46. The molecular formula is C17H22N2O2. The Morgan fingerprint density at radius 1 is 1.43 bits per heavy atom. The van der Waals surface area contributed by atoms with E-state index in [-0.39, 0.29) is 12.1 Å². The van der Waals surface area contributed by atoms with Crippen LogP contribution in [-0.4, -0.2) is 30.5 Å². The Labute approximate surface area is 125 Å². The summed E-state index contributed by atoms with van der Waals surface area (Å²) in [5, 5.41) is 3.30. The number of nitrogens with one attached hydrogen (secondary N) is 1. The fraction of sp³-hybridized carbons (Fsp3) is 0.471. The molecule has 1 amide bonds. The molecule has 1 aliphatic carbocycles. The number of carbonyl (C=O) groups is 1. The van der Waals surface area contributed by atoms with Gasteiger partial charge in [-0.3, -0.25) is 10.1 Å². The molecule has 0 bridgehead atoms. The summed E-state index contributed by atoms with van der Waals surface area (Å²) < 4.78 is 5.49. The second-order valence-electron chi connectivity index (χ2n) is 5.97. The van der Waals surface area contributed by atoms with Crippen molar-refractivity contribution in [2.75, 3.05) is 19.7 Å². The van der Waals surface area contributed by atoms with E-state index in [0.29, 0.717) is 19.1 Å². The third kappa shape index (κ3) is 3.10. The molecule has 4 heteroatoms. The van der Waals surface area contributed by atoms with Crippen molar-refractivity contribution in [3.05, 3.63) is 42.5 Å². The number of benzene rings is 1. The Morgan fingerprint density at radius 2 is 2.14 bits per heavy atom. The Morgan fingerprint density at radius 3 is 2.76 bits per heavy atom. The van der Waals surface area contributed by atoms with Crippen molar-refractivity contribution >= 4 is 5.91 Å². The zero-order chi connectivity index (χ0) is 14.8. The highest BCUT2D eigenvalue weighted by Crippen LogP contribution is 2.40. The minimum absolute atomic E-state index is 0.00115. The first-order chi connectivity index (χ1) is 10.2. The van der Waals surface area contributed by atoms with Crippen LogP contribution in [0.5, 0.6) is 5.75 Å². The number of rotatable bonds is 6. The normalized spacial score (nSPS) is 27.8. The van der Waals surface area contributed by atoms with Crippen LogP contribution in [0.25, 0.3) is 0 Å². The van der Waals surface area contributed by atoms with Gasteiger partial charge in [0.25, 0.3) is 0 Å². The predicted octanol–water partition coefficient (Wildman–Crippen LogP) is 2.34. The van der Waals surface area contributed by atoms with Crippen LogP contribution in [0.3, 0.4) is 0 Å². The van der Waals surface area contributed by atoms with Gasteiger partial charge >= 0.3 is 0 Å². The van der Waals surface area contributed by atoms with Gasteiger partial charge in [0.05, 0.1) is 6.54 Å². The summed E-state index contributed by atoms with van der Waals surface area (Å²) >= 11 is 0. The monoisotopic (exact) mass is 286 g/mol. The van der Waals surface area contributed by atoms with E-state index in [1.54, 1.807) is 6.08 Å². The van der Waals surface area contributed by atoms with Gasteiger partial charge < -0.3 is 9.64 Å². The second-order valence-corrected chi connectivity index (χ2v) is 5.97. The standard InChI is InChI=1S/C17H22N2O2/c1-3-8-21-15-6-4-13(5-7-15)17-18-10-16(20)19(17)11-14-9-12(14)2/h3-7,12,14,17-18H,1,8-11H2,2H3. The number of hydrogen-bond acceptors (Lipinski definition) is 3. The van der Waals surface area contributed by atoms with Gasteiger partial charge in [-0.05, 0) is 36.0 Å². The van der Waals surface area contributed by atoms with Gasteiger partial charge in [0, 0.05) is 6.54 Å². The molecule has 1 saturated heterocycles. The molecule has 21 heavy (non-hydrogen) atoms. The van der Waals surface area contributed by atoms with E-state index in [1.807, 2.05) is 29.2 Å². The summed E-state index contributed by atoms with van der Waals surface area (Å²) in [6.45, 7) is 7.69. The maximum atomic E-state index is 12.1. The van der Waals surface area contributed by atoms with Gasteiger partial charge in [-0.25, -0.2) is 0 Å². The summed E-state index contributed by atoms with van der Waals surface area (Å²) in [4.78, 5) is 14.0. The first kappa shape index (κ1) is 14.1. The van der Waals surface area contributed by atoms with Crippen LogP contribution in [0.15, 0.2) is 36.9 Å². The molecule has 2 fully saturated rings. The number of nitrogens with zero attached hydrogens (tertiary/aromatic N) is 1. The zero-order valence-corrected chi connectivity index (χ0v) is 12.4. The maximum Gasteiger partial charge on any atom is 0.238 e. The minimum Gasteiger partial charge on any atom is -0.490 e. The van der Waals surface area contributed by atoms with E-state index >= 15 is 0 Å². The van der Waals surface area contributed by atoms with Crippen molar-refractivity contribution in [1.29, 1.82) is 0 Å². The highest BCUT2D eigenvalue weighted by molar-refractivity contribution is 5.81. The Kier molecular flexibility index (Phi) is 3.97. The average Bonchev–Trinajstić information content (AvgIpc) is 3.07. The fourth-order valence-corrected chi connectivity index (χ4v) is 2.85. The molecule has 0 radical (unpaired) electrons. The molecule has 3 unspecified atom stereocenters. The quantitative estimate of drug-likeness (QED) is 0.816. The van der Waals surface area contributed by atoms with Crippen LogP contribution in [0.1, 0.15) is 25.1 Å². The van der Waals surface area contributed by atoms with Crippen molar-refractivity contribution < 1.29 is 9.53 Å². The lowest BCUT2D eigenvalue weighted by Gasteiger charge is -2.25. The summed E-state index contributed by atoms with van der Waals surface area (Å²) in [7, 11) is 0. The van der Waals surface area contributed by atoms with E-state index in [1.165, 1.54) is 6.42 Å². The number of ether oxygens (including phenoxy) is 1.